The quantitative estimate of drug-likeness (QED) is 0.724. The summed E-state index contributed by atoms with van der Waals surface area (Å²) < 4.78 is 5.85. The van der Waals surface area contributed by atoms with Crippen molar-refractivity contribution in [3.63, 3.8) is 0 Å². The normalized spacial score (nSPS) is 13.1. The zero-order valence-corrected chi connectivity index (χ0v) is 15.8. The van der Waals surface area contributed by atoms with Gasteiger partial charge in [0.15, 0.2) is 6.10 Å². The van der Waals surface area contributed by atoms with Crippen LogP contribution in [0.1, 0.15) is 37.8 Å². The van der Waals surface area contributed by atoms with Crippen LogP contribution < -0.4 is 10.1 Å². The van der Waals surface area contributed by atoms with Crippen LogP contribution in [0.5, 0.6) is 5.75 Å². The fraction of sp³-hybridized carbons (Fsp3) is 0.381. The predicted octanol–water partition coefficient (Wildman–Crippen LogP) is 4.94. The van der Waals surface area contributed by atoms with Gasteiger partial charge in [-0.3, -0.25) is 4.79 Å². The van der Waals surface area contributed by atoms with Crippen molar-refractivity contribution >= 4 is 17.5 Å². The summed E-state index contributed by atoms with van der Waals surface area (Å²) in [5, 5.41) is 3.75. The van der Waals surface area contributed by atoms with Crippen molar-refractivity contribution in [2.24, 2.45) is 0 Å². The van der Waals surface area contributed by atoms with Gasteiger partial charge < -0.3 is 10.1 Å². The molecule has 0 fully saturated rings. The third-order valence-corrected chi connectivity index (χ3v) is 4.59. The molecule has 0 heterocycles. The van der Waals surface area contributed by atoms with E-state index in [4.69, 9.17) is 16.3 Å². The monoisotopic (exact) mass is 359 g/mol. The summed E-state index contributed by atoms with van der Waals surface area (Å²) in [5.41, 5.74) is 2.22. The summed E-state index contributed by atoms with van der Waals surface area (Å²) in [4.78, 5) is 12.5. The van der Waals surface area contributed by atoms with E-state index < -0.39 is 6.10 Å². The third kappa shape index (κ3) is 6.09. The van der Waals surface area contributed by atoms with Gasteiger partial charge in [0, 0.05) is 11.1 Å². The van der Waals surface area contributed by atoms with Crippen LogP contribution >= 0.6 is 11.6 Å². The molecule has 0 aromatic heterocycles. The zero-order valence-electron chi connectivity index (χ0n) is 15.1. The smallest absolute Gasteiger partial charge is 0.261 e. The SMILES string of the molecule is CC[C@H](Oc1ccc(Cl)c(C)c1)C(=O)N[C@@H](C)CCc1ccccc1. The van der Waals surface area contributed by atoms with Gasteiger partial charge in [-0.05, 0) is 62.4 Å². The van der Waals surface area contributed by atoms with Gasteiger partial charge in [-0.25, -0.2) is 0 Å². The minimum Gasteiger partial charge on any atom is -0.481 e. The van der Waals surface area contributed by atoms with Crippen LogP contribution in [0.25, 0.3) is 0 Å². The molecule has 2 atom stereocenters. The molecule has 0 aliphatic rings. The van der Waals surface area contributed by atoms with Crippen LogP contribution in [-0.2, 0) is 11.2 Å². The molecule has 0 aliphatic heterocycles. The van der Waals surface area contributed by atoms with Crippen molar-refractivity contribution in [3.8, 4) is 5.75 Å². The average Bonchev–Trinajstić information content (AvgIpc) is 2.61. The van der Waals surface area contributed by atoms with E-state index >= 15 is 0 Å². The number of nitrogens with one attached hydrogen (secondary N) is 1. The molecule has 3 nitrogen and oxygen atoms in total. The Morgan fingerprint density at radius 3 is 2.56 bits per heavy atom. The van der Waals surface area contributed by atoms with Crippen LogP contribution in [0, 0.1) is 6.92 Å². The van der Waals surface area contributed by atoms with E-state index in [0.717, 1.165) is 18.4 Å². The molecule has 0 aliphatic carbocycles. The Morgan fingerprint density at radius 2 is 1.92 bits per heavy atom. The standard InChI is InChI=1S/C21H26ClNO2/c1-4-20(25-18-12-13-19(22)15(2)14-18)21(24)23-16(3)10-11-17-8-6-5-7-9-17/h5-9,12-14,16,20H,4,10-11H2,1-3H3,(H,23,24)/t16-,20-/m0/s1. The molecular weight excluding hydrogens is 334 g/mol. The van der Waals surface area contributed by atoms with Gasteiger partial charge in [0.2, 0.25) is 0 Å². The summed E-state index contributed by atoms with van der Waals surface area (Å²) >= 11 is 6.03. The molecule has 0 radical (unpaired) electrons. The topological polar surface area (TPSA) is 38.3 Å². The lowest BCUT2D eigenvalue weighted by Crippen LogP contribution is -2.42. The highest BCUT2D eigenvalue weighted by Crippen LogP contribution is 2.22. The van der Waals surface area contributed by atoms with E-state index in [1.54, 1.807) is 12.1 Å². The Hall–Kier alpha value is -2.00. The largest absolute Gasteiger partial charge is 0.481 e. The second-order valence-electron chi connectivity index (χ2n) is 6.36. The first-order valence-corrected chi connectivity index (χ1v) is 9.14. The zero-order chi connectivity index (χ0) is 18.2. The molecular formula is C21H26ClNO2. The van der Waals surface area contributed by atoms with Gasteiger partial charge in [0.05, 0.1) is 0 Å². The van der Waals surface area contributed by atoms with Gasteiger partial charge in [-0.1, -0.05) is 48.9 Å². The predicted molar refractivity (Wildman–Crippen MR) is 103 cm³/mol. The van der Waals surface area contributed by atoms with E-state index in [2.05, 4.69) is 17.4 Å². The molecule has 0 unspecified atom stereocenters. The molecule has 0 bridgehead atoms. The van der Waals surface area contributed by atoms with Crippen molar-refractivity contribution in [2.75, 3.05) is 0 Å². The molecule has 2 aromatic rings. The first-order chi connectivity index (χ1) is 12.0. The highest BCUT2D eigenvalue weighted by atomic mass is 35.5. The summed E-state index contributed by atoms with van der Waals surface area (Å²) in [6.07, 6.45) is 1.95. The Kier molecular flexibility index (Phi) is 7.32. The minimum absolute atomic E-state index is 0.0735. The van der Waals surface area contributed by atoms with Gasteiger partial charge in [0.25, 0.3) is 5.91 Å². The molecule has 0 saturated heterocycles. The van der Waals surface area contributed by atoms with Crippen molar-refractivity contribution in [3.05, 3.63) is 64.7 Å². The van der Waals surface area contributed by atoms with Crippen molar-refractivity contribution < 1.29 is 9.53 Å². The molecule has 1 N–H and O–H groups in total. The molecule has 2 aromatic carbocycles. The number of halogens is 1. The Morgan fingerprint density at radius 1 is 1.20 bits per heavy atom. The number of hydrogen-bond donors (Lipinski definition) is 1. The minimum atomic E-state index is -0.500. The summed E-state index contributed by atoms with van der Waals surface area (Å²) in [5.74, 6) is 0.594. The molecule has 4 heteroatoms. The number of carbonyl (C=O) groups excluding carboxylic acids is 1. The van der Waals surface area contributed by atoms with Crippen LogP contribution in [-0.4, -0.2) is 18.1 Å². The van der Waals surface area contributed by atoms with E-state index in [0.29, 0.717) is 17.2 Å². The highest BCUT2D eigenvalue weighted by molar-refractivity contribution is 6.31. The lowest BCUT2D eigenvalue weighted by atomic mass is 10.1. The highest BCUT2D eigenvalue weighted by Gasteiger charge is 2.20. The number of benzene rings is 2. The molecule has 2 rings (SSSR count). The number of ether oxygens (including phenoxy) is 1. The number of amides is 1. The molecule has 0 spiro atoms. The van der Waals surface area contributed by atoms with E-state index in [1.165, 1.54) is 5.56 Å². The Bertz CT molecular complexity index is 688. The molecule has 134 valence electrons. The second kappa shape index (κ2) is 9.47. The van der Waals surface area contributed by atoms with Crippen LogP contribution in [0.4, 0.5) is 0 Å². The summed E-state index contributed by atoms with van der Waals surface area (Å²) in [6.45, 7) is 5.89. The van der Waals surface area contributed by atoms with Gasteiger partial charge in [0.1, 0.15) is 5.75 Å². The maximum atomic E-state index is 12.5. The average molecular weight is 360 g/mol. The summed E-state index contributed by atoms with van der Waals surface area (Å²) in [6, 6.07) is 15.8. The van der Waals surface area contributed by atoms with Crippen molar-refractivity contribution in [1.82, 2.24) is 5.32 Å². The van der Waals surface area contributed by atoms with E-state index in [9.17, 15) is 4.79 Å². The van der Waals surface area contributed by atoms with Crippen LogP contribution in [0.2, 0.25) is 5.02 Å². The first-order valence-electron chi connectivity index (χ1n) is 8.76. The lowest BCUT2D eigenvalue weighted by molar-refractivity contribution is -0.128. The Labute approximate surface area is 155 Å². The van der Waals surface area contributed by atoms with Crippen LogP contribution in [0.3, 0.4) is 0 Å². The third-order valence-electron chi connectivity index (χ3n) is 4.17. The molecule has 1 amide bonds. The lowest BCUT2D eigenvalue weighted by Gasteiger charge is -2.21. The molecule has 0 saturated carbocycles. The first kappa shape index (κ1) is 19.3. The fourth-order valence-electron chi connectivity index (χ4n) is 2.61. The molecule has 25 heavy (non-hydrogen) atoms. The van der Waals surface area contributed by atoms with Gasteiger partial charge >= 0.3 is 0 Å². The van der Waals surface area contributed by atoms with Crippen molar-refractivity contribution in [1.29, 1.82) is 0 Å². The Balaban J connectivity index is 1.87. The fourth-order valence-corrected chi connectivity index (χ4v) is 2.73. The second-order valence-corrected chi connectivity index (χ2v) is 6.77. The van der Waals surface area contributed by atoms with E-state index in [-0.39, 0.29) is 11.9 Å². The van der Waals surface area contributed by atoms with Gasteiger partial charge in [-0.15, -0.1) is 0 Å². The maximum absolute atomic E-state index is 12.5. The summed E-state index contributed by atoms with van der Waals surface area (Å²) in [7, 11) is 0. The number of carbonyl (C=O) groups is 1. The van der Waals surface area contributed by atoms with E-state index in [1.807, 2.05) is 45.0 Å². The maximum Gasteiger partial charge on any atom is 0.261 e. The van der Waals surface area contributed by atoms with Crippen molar-refractivity contribution in [2.45, 2.75) is 52.2 Å². The number of rotatable bonds is 8. The number of hydrogen-bond acceptors (Lipinski definition) is 2. The number of aryl methyl sites for hydroxylation is 2. The van der Waals surface area contributed by atoms with Crippen LogP contribution in [0.15, 0.2) is 48.5 Å². The van der Waals surface area contributed by atoms with Gasteiger partial charge in [-0.2, -0.15) is 0 Å².